The molecule has 6 nitrogen and oxygen atoms in total. The van der Waals surface area contributed by atoms with E-state index in [-0.39, 0.29) is 11.2 Å². The molecule has 1 aliphatic rings. The van der Waals surface area contributed by atoms with Gasteiger partial charge in [0.2, 0.25) is 5.91 Å². The molecule has 0 unspecified atom stereocenters. The van der Waals surface area contributed by atoms with Crippen LogP contribution in [0.5, 0.6) is 0 Å². The second-order valence-corrected chi connectivity index (χ2v) is 7.42. The van der Waals surface area contributed by atoms with Crippen LogP contribution in [0.3, 0.4) is 0 Å². The van der Waals surface area contributed by atoms with Crippen molar-refractivity contribution in [3.63, 3.8) is 0 Å². The van der Waals surface area contributed by atoms with E-state index in [2.05, 4.69) is 26.5 Å². The van der Waals surface area contributed by atoms with E-state index < -0.39 is 0 Å². The predicted molar refractivity (Wildman–Crippen MR) is 95.8 cm³/mol. The highest BCUT2D eigenvalue weighted by Crippen LogP contribution is 2.27. The number of carbonyl (C=O) groups is 1. The van der Waals surface area contributed by atoms with Crippen molar-refractivity contribution in [3.05, 3.63) is 24.2 Å². The van der Waals surface area contributed by atoms with Gasteiger partial charge < -0.3 is 5.32 Å². The third kappa shape index (κ3) is 3.95. The number of hydrogen-bond acceptors (Lipinski definition) is 5. The van der Waals surface area contributed by atoms with Gasteiger partial charge in [-0.25, -0.2) is 9.97 Å². The lowest BCUT2D eigenvalue weighted by Gasteiger charge is -2.15. The van der Waals surface area contributed by atoms with E-state index in [1.807, 2.05) is 14.0 Å². The van der Waals surface area contributed by atoms with E-state index in [9.17, 15) is 4.79 Å². The van der Waals surface area contributed by atoms with Gasteiger partial charge in [-0.15, -0.1) is 0 Å². The monoisotopic (exact) mass is 345 g/mol. The molecule has 1 atom stereocenters. The third-order valence-electron chi connectivity index (χ3n) is 4.28. The first-order valence-corrected chi connectivity index (χ1v) is 9.28. The summed E-state index contributed by atoms with van der Waals surface area (Å²) in [7, 11) is 1.85. The van der Waals surface area contributed by atoms with Crippen molar-refractivity contribution in [2.75, 3.05) is 6.54 Å². The number of rotatable bonds is 6. The SMILES string of the molecule is C[C@@H](Sc1ncnc2c1cnn2C)C(=O)NCCC1=CCCCC1. The molecule has 128 valence electrons. The molecule has 0 bridgehead atoms. The molecule has 0 radical (unpaired) electrons. The lowest BCUT2D eigenvalue weighted by Crippen LogP contribution is -2.32. The zero-order valence-corrected chi connectivity index (χ0v) is 15.0. The van der Waals surface area contributed by atoms with Crippen molar-refractivity contribution < 1.29 is 4.79 Å². The standard InChI is InChI=1S/C17H23N5OS/c1-12(16(23)18-9-8-13-6-4-3-5-7-13)24-17-14-10-21-22(2)15(14)19-11-20-17/h6,10-12H,3-5,7-9H2,1-2H3,(H,18,23)/t12-/m1/s1. The highest BCUT2D eigenvalue weighted by atomic mass is 32.2. The highest BCUT2D eigenvalue weighted by molar-refractivity contribution is 8.00. The van der Waals surface area contributed by atoms with E-state index in [1.165, 1.54) is 49.3 Å². The summed E-state index contributed by atoms with van der Waals surface area (Å²) in [4.78, 5) is 20.8. The summed E-state index contributed by atoms with van der Waals surface area (Å²) in [6.45, 7) is 2.62. The molecule has 0 aliphatic heterocycles. The Morgan fingerprint density at radius 3 is 3.08 bits per heavy atom. The van der Waals surface area contributed by atoms with Gasteiger partial charge in [0.15, 0.2) is 5.65 Å². The Morgan fingerprint density at radius 1 is 1.42 bits per heavy atom. The molecule has 1 N–H and O–H groups in total. The molecule has 1 aliphatic carbocycles. The average Bonchev–Trinajstić information content (AvgIpc) is 2.98. The number of nitrogens with one attached hydrogen (secondary N) is 1. The minimum atomic E-state index is -0.205. The average molecular weight is 345 g/mol. The van der Waals surface area contributed by atoms with Crippen molar-refractivity contribution in [3.8, 4) is 0 Å². The zero-order valence-electron chi connectivity index (χ0n) is 14.2. The molecule has 2 heterocycles. The van der Waals surface area contributed by atoms with Crippen LogP contribution in [-0.2, 0) is 11.8 Å². The van der Waals surface area contributed by atoms with Gasteiger partial charge in [-0.3, -0.25) is 9.48 Å². The molecule has 24 heavy (non-hydrogen) atoms. The number of carbonyl (C=O) groups excluding carboxylic acids is 1. The molecule has 0 saturated heterocycles. The largest absolute Gasteiger partial charge is 0.355 e. The number of nitrogens with zero attached hydrogens (tertiary/aromatic N) is 4. The fourth-order valence-corrected chi connectivity index (χ4v) is 3.78. The molecule has 3 rings (SSSR count). The Hall–Kier alpha value is -1.89. The van der Waals surface area contributed by atoms with Gasteiger partial charge in [0.25, 0.3) is 0 Å². The van der Waals surface area contributed by atoms with Gasteiger partial charge in [0.1, 0.15) is 11.4 Å². The number of aryl methyl sites for hydroxylation is 1. The first-order chi connectivity index (χ1) is 11.6. The van der Waals surface area contributed by atoms with Gasteiger partial charge in [-0.2, -0.15) is 5.10 Å². The highest BCUT2D eigenvalue weighted by Gasteiger charge is 2.18. The maximum atomic E-state index is 12.3. The summed E-state index contributed by atoms with van der Waals surface area (Å²) in [6.07, 6.45) is 11.5. The molecule has 0 saturated carbocycles. The number of aromatic nitrogens is 4. The lowest BCUT2D eigenvalue weighted by atomic mass is 9.97. The first kappa shape index (κ1) is 17.0. The normalized spacial score (nSPS) is 16.0. The topological polar surface area (TPSA) is 72.7 Å². The van der Waals surface area contributed by atoms with E-state index in [1.54, 1.807) is 10.9 Å². The van der Waals surface area contributed by atoms with Crippen LogP contribution >= 0.6 is 11.8 Å². The van der Waals surface area contributed by atoms with E-state index >= 15 is 0 Å². The Morgan fingerprint density at radius 2 is 2.29 bits per heavy atom. The van der Waals surface area contributed by atoms with Gasteiger partial charge >= 0.3 is 0 Å². The van der Waals surface area contributed by atoms with Crippen LogP contribution in [0.25, 0.3) is 11.0 Å². The Balaban J connectivity index is 1.54. The Labute approximate surface area is 146 Å². The maximum Gasteiger partial charge on any atom is 0.233 e. The van der Waals surface area contributed by atoms with Crippen LogP contribution in [0.15, 0.2) is 29.2 Å². The second kappa shape index (κ2) is 7.79. The molecule has 0 fully saturated rings. The van der Waals surface area contributed by atoms with Crippen molar-refractivity contribution in [2.45, 2.75) is 49.3 Å². The van der Waals surface area contributed by atoms with Gasteiger partial charge in [-0.1, -0.05) is 23.4 Å². The lowest BCUT2D eigenvalue weighted by molar-refractivity contribution is -0.120. The van der Waals surface area contributed by atoms with E-state index in [0.29, 0.717) is 6.54 Å². The predicted octanol–water partition coefficient (Wildman–Crippen LogP) is 2.85. The smallest absolute Gasteiger partial charge is 0.233 e. The Bertz CT molecular complexity index is 755. The fraction of sp³-hybridized carbons (Fsp3) is 0.529. The van der Waals surface area contributed by atoms with Crippen LogP contribution in [0.4, 0.5) is 0 Å². The van der Waals surface area contributed by atoms with Crippen LogP contribution in [0.2, 0.25) is 0 Å². The maximum absolute atomic E-state index is 12.3. The summed E-state index contributed by atoms with van der Waals surface area (Å²) in [5, 5.41) is 8.72. The molecular formula is C17H23N5OS. The summed E-state index contributed by atoms with van der Waals surface area (Å²) < 4.78 is 1.71. The third-order valence-corrected chi connectivity index (χ3v) is 5.40. The zero-order chi connectivity index (χ0) is 16.9. The second-order valence-electron chi connectivity index (χ2n) is 6.09. The molecule has 1 amide bonds. The molecule has 7 heteroatoms. The van der Waals surface area contributed by atoms with Gasteiger partial charge in [0, 0.05) is 13.6 Å². The van der Waals surface area contributed by atoms with Crippen molar-refractivity contribution >= 4 is 28.7 Å². The summed E-state index contributed by atoms with van der Waals surface area (Å²) in [5.74, 6) is 0.0482. The number of hydrogen-bond donors (Lipinski definition) is 1. The summed E-state index contributed by atoms with van der Waals surface area (Å²) >= 11 is 1.45. The van der Waals surface area contributed by atoms with Crippen molar-refractivity contribution in [2.24, 2.45) is 7.05 Å². The fourth-order valence-electron chi connectivity index (χ4n) is 2.88. The van der Waals surface area contributed by atoms with E-state index in [0.717, 1.165) is 22.5 Å². The van der Waals surface area contributed by atoms with Crippen LogP contribution in [-0.4, -0.2) is 37.5 Å². The Kier molecular flexibility index (Phi) is 5.50. The molecular weight excluding hydrogens is 322 g/mol. The van der Waals surface area contributed by atoms with Gasteiger partial charge in [-0.05, 0) is 39.0 Å². The van der Waals surface area contributed by atoms with Gasteiger partial charge in [0.05, 0.1) is 16.8 Å². The first-order valence-electron chi connectivity index (χ1n) is 8.40. The number of thioether (sulfide) groups is 1. The van der Waals surface area contributed by atoms with Crippen molar-refractivity contribution in [1.82, 2.24) is 25.1 Å². The molecule has 0 aromatic carbocycles. The van der Waals surface area contributed by atoms with Crippen molar-refractivity contribution in [1.29, 1.82) is 0 Å². The van der Waals surface area contributed by atoms with Crippen LogP contribution in [0.1, 0.15) is 39.0 Å². The molecule has 0 spiro atoms. The molecule has 2 aromatic rings. The number of amides is 1. The minimum absolute atomic E-state index is 0.0482. The summed E-state index contributed by atoms with van der Waals surface area (Å²) in [6, 6.07) is 0. The number of allylic oxidation sites excluding steroid dienone is 1. The van der Waals surface area contributed by atoms with Crippen LogP contribution in [0, 0.1) is 0 Å². The minimum Gasteiger partial charge on any atom is -0.355 e. The van der Waals surface area contributed by atoms with Crippen LogP contribution < -0.4 is 5.32 Å². The van der Waals surface area contributed by atoms with E-state index in [4.69, 9.17) is 0 Å². The number of fused-ring (bicyclic) bond motifs is 1. The molecule has 2 aromatic heterocycles. The summed E-state index contributed by atoms with van der Waals surface area (Å²) in [5.41, 5.74) is 2.26. The quantitative estimate of drug-likeness (QED) is 0.495.